The number of ketones is 1. The molecule has 5 rings (SSSR count). The second kappa shape index (κ2) is 10.4. The van der Waals surface area contributed by atoms with Crippen LogP contribution in [0.1, 0.15) is 24.0 Å². The number of piperidine rings is 1. The molecule has 0 atom stereocenters. The molecule has 6 heteroatoms. The Morgan fingerprint density at radius 2 is 1.83 bits per heavy atom. The number of Topliss-reactive ketones (excluding diaryl/α,β-unsaturated/α-hetero) is 1. The number of aryl methyl sites for hydroxylation is 1. The van der Waals surface area contributed by atoms with Gasteiger partial charge in [0.05, 0.1) is 12.1 Å². The Kier molecular flexibility index (Phi) is 6.69. The van der Waals surface area contributed by atoms with E-state index in [-0.39, 0.29) is 0 Å². The van der Waals surface area contributed by atoms with Crippen LogP contribution in [0.4, 0.5) is 11.5 Å². The molecule has 1 N–H and O–H groups in total. The molecule has 2 heterocycles. The third-order valence-corrected chi connectivity index (χ3v) is 5.99. The number of hydrogen-bond donors (Lipinski definition) is 1. The molecule has 35 heavy (non-hydrogen) atoms. The molecular formula is C29H26N4O2. The van der Waals surface area contributed by atoms with E-state index in [0.29, 0.717) is 25.2 Å². The number of nitrogens with one attached hydrogen (secondary N) is 1. The summed E-state index contributed by atoms with van der Waals surface area (Å²) >= 11 is 0. The van der Waals surface area contributed by atoms with Gasteiger partial charge in [-0.25, -0.2) is 9.97 Å². The van der Waals surface area contributed by atoms with E-state index in [1.807, 2.05) is 73.7 Å². The first-order valence-electron chi connectivity index (χ1n) is 11.7. The first-order chi connectivity index (χ1) is 17.1. The number of aromatic nitrogens is 2. The number of benzene rings is 3. The monoisotopic (exact) mass is 462 g/mol. The highest BCUT2D eigenvalue weighted by Gasteiger charge is 2.14. The molecular weight excluding hydrogens is 436 g/mol. The van der Waals surface area contributed by atoms with Crippen molar-refractivity contribution in [1.82, 2.24) is 14.9 Å². The zero-order chi connectivity index (χ0) is 24.0. The van der Waals surface area contributed by atoms with Gasteiger partial charge in [0.25, 0.3) is 0 Å². The molecule has 1 aromatic heterocycles. The van der Waals surface area contributed by atoms with Gasteiger partial charge in [-0.05, 0) is 61.0 Å². The number of anilines is 2. The molecule has 174 valence electrons. The lowest BCUT2D eigenvalue weighted by Gasteiger charge is -2.23. The topological polar surface area (TPSA) is 67.4 Å². The SMILES string of the molecule is Cc1cc(Nc2ncnc3ccc(C#CCN4CCC(=O)CC4)cc23)ccc1Oc1ccccc1. The van der Waals surface area contributed by atoms with Gasteiger partial charge in [-0.1, -0.05) is 30.0 Å². The van der Waals surface area contributed by atoms with Crippen LogP contribution in [0.15, 0.2) is 73.1 Å². The Labute approximate surface area is 205 Å². The van der Waals surface area contributed by atoms with E-state index >= 15 is 0 Å². The van der Waals surface area contributed by atoms with Gasteiger partial charge in [0.2, 0.25) is 0 Å². The predicted molar refractivity (Wildman–Crippen MR) is 138 cm³/mol. The zero-order valence-corrected chi connectivity index (χ0v) is 19.6. The average molecular weight is 463 g/mol. The molecule has 3 aromatic carbocycles. The molecule has 0 spiro atoms. The smallest absolute Gasteiger partial charge is 0.141 e. The highest BCUT2D eigenvalue weighted by atomic mass is 16.5. The number of ether oxygens (including phenoxy) is 1. The normalized spacial score (nSPS) is 13.8. The Morgan fingerprint density at radius 1 is 1.00 bits per heavy atom. The van der Waals surface area contributed by atoms with Crippen LogP contribution in [-0.2, 0) is 4.79 Å². The Balaban J connectivity index is 1.32. The van der Waals surface area contributed by atoms with Crippen LogP contribution in [0.25, 0.3) is 10.9 Å². The van der Waals surface area contributed by atoms with Crippen molar-refractivity contribution >= 4 is 28.2 Å². The zero-order valence-electron chi connectivity index (χ0n) is 19.6. The van der Waals surface area contributed by atoms with E-state index in [2.05, 4.69) is 32.0 Å². The number of carbonyl (C=O) groups is 1. The summed E-state index contributed by atoms with van der Waals surface area (Å²) in [5.41, 5.74) is 3.69. The molecule has 1 fully saturated rings. The van der Waals surface area contributed by atoms with Crippen molar-refractivity contribution in [3.05, 3.63) is 84.2 Å². The minimum Gasteiger partial charge on any atom is -0.457 e. The molecule has 4 aromatic rings. The maximum absolute atomic E-state index is 11.4. The third-order valence-electron chi connectivity index (χ3n) is 5.99. The standard InChI is InChI=1S/C29H26N4O2/c1-21-18-23(10-12-28(21)35-25-7-3-2-4-8-25)32-29-26-19-22(9-11-27(26)30-20-31-29)6-5-15-33-16-13-24(34)14-17-33/h2-4,7-12,18-20H,13-17H2,1H3,(H,30,31,32). The van der Waals surface area contributed by atoms with Gasteiger partial charge in [0.15, 0.2) is 0 Å². The fourth-order valence-corrected chi connectivity index (χ4v) is 4.04. The van der Waals surface area contributed by atoms with Crippen LogP contribution >= 0.6 is 0 Å². The second-order valence-electron chi connectivity index (χ2n) is 8.59. The lowest BCUT2D eigenvalue weighted by molar-refractivity contribution is -0.121. The van der Waals surface area contributed by atoms with Crippen LogP contribution in [0.2, 0.25) is 0 Å². The fraction of sp³-hybridized carbons (Fsp3) is 0.207. The van der Waals surface area contributed by atoms with Gasteiger partial charge in [-0.3, -0.25) is 9.69 Å². The molecule has 0 amide bonds. The first kappa shape index (κ1) is 22.6. The van der Waals surface area contributed by atoms with Gasteiger partial charge < -0.3 is 10.1 Å². The molecule has 0 aliphatic carbocycles. The van der Waals surface area contributed by atoms with Crippen molar-refractivity contribution < 1.29 is 9.53 Å². The second-order valence-corrected chi connectivity index (χ2v) is 8.59. The van der Waals surface area contributed by atoms with Crippen molar-refractivity contribution in [2.24, 2.45) is 0 Å². The number of rotatable bonds is 5. The first-order valence-corrected chi connectivity index (χ1v) is 11.7. The largest absolute Gasteiger partial charge is 0.457 e. The Bertz CT molecular complexity index is 1410. The third kappa shape index (κ3) is 5.65. The molecule has 0 bridgehead atoms. The minimum absolute atomic E-state index is 0.345. The number of nitrogens with zero attached hydrogens (tertiary/aromatic N) is 3. The van der Waals surface area contributed by atoms with E-state index in [1.165, 1.54) is 0 Å². The lowest BCUT2D eigenvalue weighted by atomic mass is 10.1. The van der Waals surface area contributed by atoms with Crippen molar-refractivity contribution in [3.63, 3.8) is 0 Å². The molecule has 1 aliphatic heterocycles. The molecule has 6 nitrogen and oxygen atoms in total. The summed E-state index contributed by atoms with van der Waals surface area (Å²) in [7, 11) is 0. The van der Waals surface area contributed by atoms with Crippen LogP contribution in [0.3, 0.4) is 0 Å². The fourth-order valence-electron chi connectivity index (χ4n) is 4.04. The van der Waals surface area contributed by atoms with Gasteiger partial charge in [0.1, 0.15) is 29.4 Å². The van der Waals surface area contributed by atoms with Gasteiger partial charge in [-0.2, -0.15) is 0 Å². The van der Waals surface area contributed by atoms with E-state index in [1.54, 1.807) is 6.33 Å². The molecule has 1 saturated heterocycles. The van der Waals surface area contributed by atoms with E-state index < -0.39 is 0 Å². The van der Waals surface area contributed by atoms with Crippen LogP contribution < -0.4 is 10.1 Å². The maximum Gasteiger partial charge on any atom is 0.141 e. The minimum atomic E-state index is 0.345. The highest BCUT2D eigenvalue weighted by molar-refractivity contribution is 5.91. The Hall–Kier alpha value is -4.21. The van der Waals surface area contributed by atoms with Crippen molar-refractivity contribution in [1.29, 1.82) is 0 Å². The molecule has 0 unspecified atom stereocenters. The molecule has 0 radical (unpaired) electrons. The van der Waals surface area contributed by atoms with Crippen LogP contribution in [0.5, 0.6) is 11.5 Å². The van der Waals surface area contributed by atoms with Crippen LogP contribution in [0, 0.1) is 18.8 Å². The summed E-state index contributed by atoms with van der Waals surface area (Å²) in [6.45, 7) is 4.27. The van der Waals surface area contributed by atoms with E-state index in [0.717, 1.165) is 58.1 Å². The predicted octanol–water partition coefficient (Wildman–Crippen LogP) is 5.49. The Morgan fingerprint density at radius 3 is 2.63 bits per heavy atom. The van der Waals surface area contributed by atoms with Crippen molar-refractivity contribution in [3.8, 4) is 23.3 Å². The summed E-state index contributed by atoms with van der Waals surface area (Å²) in [5.74, 6) is 9.18. The molecule has 0 saturated carbocycles. The summed E-state index contributed by atoms with van der Waals surface area (Å²) < 4.78 is 6.00. The summed E-state index contributed by atoms with van der Waals surface area (Å²) in [4.78, 5) is 22.5. The number of fused-ring (bicyclic) bond motifs is 1. The van der Waals surface area contributed by atoms with E-state index in [4.69, 9.17) is 4.74 Å². The van der Waals surface area contributed by atoms with Crippen molar-refractivity contribution in [2.75, 3.05) is 25.0 Å². The average Bonchev–Trinajstić information content (AvgIpc) is 2.88. The summed E-state index contributed by atoms with van der Waals surface area (Å²) in [6, 6.07) is 21.7. The van der Waals surface area contributed by atoms with Gasteiger partial charge in [-0.15, -0.1) is 0 Å². The maximum atomic E-state index is 11.4. The lowest BCUT2D eigenvalue weighted by Crippen LogP contribution is -2.33. The van der Waals surface area contributed by atoms with Gasteiger partial charge >= 0.3 is 0 Å². The van der Waals surface area contributed by atoms with E-state index in [9.17, 15) is 4.79 Å². The van der Waals surface area contributed by atoms with Crippen molar-refractivity contribution in [2.45, 2.75) is 19.8 Å². The summed E-state index contributed by atoms with van der Waals surface area (Å²) in [5, 5.41) is 4.33. The molecule has 1 aliphatic rings. The van der Waals surface area contributed by atoms with Crippen LogP contribution in [-0.4, -0.2) is 40.3 Å². The number of likely N-dealkylation sites (tertiary alicyclic amines) is 1. The number of para-hydroxylation sites is 1. The summed E-state index contributed by atoms with van der Waals surface area (Å²) in [6.07, 6.45) is 2.82. The number of carbonyl (C=O) groups excluding carboxylic acids is 1. The number of hydrogen-bond acceptors (Lipinski definition) is 6. The highest BCUT2D eigenvalue weighted by Crippen LogP contribution is 2.29. The quantitative estimate of drug-likeness (QED) is 0.396. The van der Waals surface area contributed by atoms with Gasteiger partial charge in [0, 0.05) is 42.6 Å².